The molecule has 1 saturated carbocycles. The summed E-state index contributed by atoms with van der Waals surface area (Å²) >= 11 is 1.73. The molecule has 0 radical (unpaired) electrons. The summed E-state index contributed by atoms with van der Waals surface area (Å²) in [4.78, 5) is 16.8. The Labute approximate surface area is 122 Å². The van der Waals surface area contributed by atoms with E-state index in [9.17, 15) is 4.79 Å². The van der Waals surface area contributed by atoms with E-state index >= 15 is 0 Å². The number of nitrogens with zero attached hydrogens (tertiary/aromatic N) is 1. The van der Waals surface area contributed by atoms with E-state index in [1.807, 2.05) is 0 Å². The molecule has 0 spiro atoms. The molecule has 108 valence electrons. The number of carbonyl (C=O) groups excluding carboxylic acids is 1. The fourth-order valence-corrected chi connectivity index (χ4v) is 4.22. The van der Waals surface area contributed by atoms with Crippen LogP contribution in [-0.2, 0) is 16.0 Å². The largest absolute Gasteiger partial charge is 0.374 e. The minimum Gasteiger partial charge on any atom is -0.374 e. The van der Waals surface area contributed by atoms with Gasteiger partial charge < -0.3 is 10.1 Å². The standard InChI is InChI=1S/C15H20N2O2S/c18-15(11-7-10-3-4-13(11)19-10)16-6-5-14-17-12(8-20-14)9-1-2-9/h8-11,13H,1-7H2,(H,16,18). The van der Waals surface area contributed by atoms with Gasteiger partial charge in [0.2, 0.25) is 5.91 Å². The van der Waals surface area contributed by atoms with E-state index in [1.165, 1.54) is 18.5 Å². The zero-order valence-corrected chi connectivity index (χ0v) is 12.3. The summed E-state index contributed by atoms with van der Waals surface area (Å²) in [7, 11) is 0. The molecule has 5 heteroatoms. The Balaban J connectivity index is 1.24. The lowest BCUT2D eigenvalue weighted by Crippen LogP contribution is -2.37. The molecule has 4 rings (SSSR count). The number of amides is 1. The Morgan fingerprint density at radius 1 is 1.40 bits per heavy atom. The predicted molar refractivity (Wildman–Crippen MR) is 76.8 cm³/mol. The highest BCUT2D eigenvalue weighted by Gasteiger charge is 2.44. The van der Waals surface area contributed by atoms with Crippen molar-refractivity contribution in [1.82, 2.24) is 10.3 Å². The summed E-state index contributed by atoms with van der Waals surface area (Å²) in [6, 6.07) is 0. The fraction of sp³-hybridized carbons (Fsp3) is 0.733. The third-order valence-corrected chi connectivity index (χ3v) is 5.57. The van der Waals surface area contributed by atoms with Gasteiger partial charge in [-0.1, -0.05) is 0 Å². The molecule has 2 bridgehead atoms. The number of rotatable bonds is 5. The second-order valence-corrected chi connectivity index (χ2v) is 7.14. The summed E-state index contributed by atoms with van der Waals surface area (Å²) in [5.74, 6) is 0.990. The summed E-state index contributed by atoms with van der Waals surface area (Å²) in [6.07, 6.45) is 7.08. The van der Waals surface area contributed by atoms with Gasteiger partial charge in [0.1, 0.15) is 0 Å². The molecule has 2 saturated heterocycles. The zero-order valence-electron chi connectivity index (χ0n) is 11.5. The van der Waals surface area contributed by atoms with E-state index in [0.717, 1.165) is 36.6 Å². The lowest BCUT2D eigenvalue weighted by atomic mass is 9.88. The molecule has 3 atom stereocenters. The van der Waals surface area contributed by atoms with Gasteiger partial charge in [0.15, 0.2) is 0 Å². The van der Waals surface area contributed by atoms with Crippen molar-refractivity contribution in [3.63, 3.8) is 0 Å². The van der Waals surface area contributed by atoms with E-state index in [0.29, 0.717) is 12.6 Å². The quantitative estimate of drug-likeness (QED) is 0.905. The molecular weight excluding hydrogens is 272 g/mol. The van der Waals surface area contributed by atoms with Gasteiger partial charge in [-0.25, -0.2) is 4.98 Å². The first kappa shape index (κ1) is 12.8. The number of hydrogen-bond acceptors (Lipinski definition) is 4. The van der Waals surface area contributed by atoms with E-state index < -0.39 is 0 Å². The SMILES string of the molecule is O=C(NCCc1nc(C2CC2)cs1)C1CC2CCC1O2. The van der Waals surface area contributed by atoms with Crippen LogP contribution in [-0.4, -0.2) is 29.6 Å². The number of carbonyl (C=O) groups is 1. The number of thiazole rings is 1. The maximum absolute atomic E-state index is 12.1. The number of ether oxygens (including phenoxy) is 1. The third-order valence-electron chi connectivity index (χ3n) is 4.65. The lowest BCUT2D eigenvalue weighted by Gasteiger charge is -2.17. The van der Waals surface area contributed by atoms with Crippen molar-refractivity contribution in [1.29, 1.82) is 0 Å². The van der Waals surface area contributed by atoms with Gasteiger partial charge in [-0.3, -0.25) is 4.79 Å². The smallest absolute Gasteiger partial charge is 0.225 e. The molecule has 1 N–H and O–H groups in total. The average molecular weight is 292 g/mol. The van der Waals surface area contributed by atoms with Crippen LogP contribution >= 0.6 is 11.3 Å². The van der Waals surface area contributed by atoms with Gasteiger partial charge in [-0.2, -0.15) is 0 Å². The zero-order chi connectivity index (χ0) is 13.5. The topological polar surface area (TPSA) is 51.2 Å². The van der Waals surface area contributed by atoms with E-state index in [4.69, 9.17) is 4.74 Å². The van der Waals surface area contributed by atoms with Crippen molar-refractivity contribution >= 4 is 17.2 Å². The van der Waals surface area contributed by atoms with Crippen LogP contribution in [0.25, 0.3) is 0 Å². The Morgan fingerprint density at radius 3 is 3.00 bits per heavy atom. The minimum absolute atomic E-state index is 0.0899. The number of aromatic nitrogens is 1. The summed E-state index contributed by atoms with van der Waals surface area (Å²) < 4.78 is 5.74. The molecule has 20 heavy (non-hydrogen) atoms. The predicted octanol–water partition coefficient (Wildman–Crippen LogP) is 2.25. The third kappa shape index (κ3) is 2.49. The molecule has 3 unspecified atom stereocenters. The van der Waals surface area contributed by atoms with Crippen LogP contribution in [0.5, 0.6) is 0 Å². The molecular formula is C15H20N2O2S. The molecule has 2 aliphatic heterocycles. The average Bonchev–Trinajstić information content (AvgIpc) is 2.90. The number of hydrogen-bond donors (Lipinski definition) is 1. The molecule has 3 aliphatic rings. The summed E-state index contributed by atoms with van der Waals surface area (Å²) in [5, 5.41) is 6.39. The monoisotopic (exact) mass is 292 g/mol. The molecule has 1 aromatic heterocycles. The van der Waals surface area contributed by atoms with Gasteiger partial charge in [0, 0.05) is 24.3 Å². The van der Waals surface area contributed by atoms with Crippen molar-refractivity contribution < 1.29 is 9.53 Å². The second-order valence-electron chi connectivity index (χ2n) is 6.20. The van der Waals surface area contributed by atoms with Crippen molar-refractivity contribution in [3.8, 4) is 0 Å². The van der Waals surface area contributed by atoms with Gasteiger partial charge in [-0.15, -0.1) is 11.3 Å². The Bertz CT molecular complexity index is 512. The molecule has 4 nitrogen and oxygen atoms in total. The van der Waals surface area contributed by atoms with Crippen LogP contribution in [0.3, 0.4) is 0 Å². The van der Waals surface area contributed by atoms with E-state index in [1.54, 1.807) is 11.3 Å². The maximum Gasteiger partial charge on any atom is 0.225 e. The molecule has 1 aromatic rings. The summed E-state index contributed by atoms with van der Waals surface area (Å²) in [6.45, 7) is 0.699. The Morgan fingerprint density at radius 2 is 2.30 bits per heavy atom. The van der Waals surface area contributed by atoms with Crippen molar-refractivity contribution in [3.05, 3.63) is 16.1 Å². The van der Waals surface area contributed by atoms with Crippen LogP contribution < -0.4 is 5.32 Å². The second kappa shape index (κ2) is 5.11. The van der Waals surface area contributed by atoms with Crippen LogP contribution in [0.2, 0.25) is 0 Å². The van der Waals surface area contributed by atoms with E-state index in [2.05, 4.69) is 15.7 Å². The van der Waals surface area contributed by atoms with Crippen LogP contribution in [0.1, 0.15) is 48.7 Å². The van der Waals surface area contributed by atoms with Crippen molar-refractivity contribution in [2.75, 3.05) is 6.54 Å². The van der Waals surface area contributed by atoms with Crippen LogP contribution in [0, 0.1) is 5.92 Å². The molecule has 0 aromatic carbocycles. The summed E-state index contributed by atoms with van der Waals surface area (Å²) in [5.41, 5.74) is 1.26. The van der Waals surface area contributed by atoms with Crippen molar-refractivity contribution in [2.24, 2.45) is 5.92 Å². The highest BCUT2D eigenvalue weighted by Crippen LogP contribution is 2.40. The van der Waals surface area contributed by atoms with Crippen molar-refractivity contribution in [2.45, 2.75) is 56.7 Å². The minimum atomic E-state index is 0.0899. The number of nitrogens with one attached hydrogen (secondary N) is 1. The maximum atomic E-state index is 12.1. The molecule has 1 amide bonds. The van der Waals surface area contributed by atoms with Gasteiger partial charge in [0.25, 0.3) is 0 Å². The molecule has 3 fully saturated rings. The first-order valence-corrected chi connectivity index (χ1v) is 8.55. The number of fused-ring (bicyclic) bond motifs is 2. The van der Waals surface area contributed by atoms with Gasteiger partial charge >= 0.3 is 0 Å². The van der Waals surface area contributed by atoms with Gasteiger partial charge in [0.05, 0.1) is 28.8 Å². The van der Waals surface area contributed by atoms with Gasteiger partial charge in [-0.05, 0) is 32.1 Å². The van der Waals surface area contributed by atoms with E-state index in [-0.39, 0.29) is 17.9 Å². The van der Waals surface area contributed by atoms with Crippen LogP contribution in [0.4, 0.5) is 0 Å². The molecule has 3 heterocycles. The first-order chi connectivity index (χ1) is 9.79. The first-order valence-electron chi connectivity index (χ1n) is 7.67. The Kier molecular flexibility index (Phi) is 3.27. The lowest BCUT2D eigenvalue weighted by molar-refractivity contribution is -0.126. The molecule has 1 aliphatic carbocycles. The fourth-order valence-electron chi connectivity index (χ4n) is 3.34. The Hall–Kier alpha value is -0.940. The normalized spacial score (nSPS) is 31.7. The highest BCUT2D eigenvalue weighted by atomic mass is 32.1. The highest BCUT2D eigenvalue weighted by molar-refractivity contribution is 7.09. The van der Waals surface area contributed by atoms with Crippen LogP contribution in [0.15, 0.2) is 5.38 Å².